The molecule has 4 aromatic rings. The van der Waals surface area contributed by atoms with Gasteiger partial charge in [-0.1, -0.05) is 23.2 Å². The number of carboxylic acid groups (broad SMARTS) is 1. The number of rotatable bonds is 3. The minimum absolute atomic E-state index is 0.00611. The maximum Gasteiger partial charge on any atom is 0.335 e. The normalized spacial score (nSPS) is 11.3. The SMILES string of the molecule is O=C(O)c1ccn2c(Cl)c(-c3c(F)cc(F)cc3-c3cn[nH]c3Cl)nc2c1. The van der Waals surface area contributed by atoms with E-state index in [4.69, 9.17) is 28.3 Å². The summed E-state index contributed by atoms with van der Waals surface area (Å²) in [6, 6.07) is 4.43. The third kappa shape index (κ3) is 2.83. The number of hydrogen-bond acceptors (Lipinski definition) is 3. The number of carbonyl (C=O) groups is 1. The van der Waals surface area contributed by atoms with Gasteiger partial charge in [-0.15, -0.1) is 0 Å². The van der Waals surface area contributed by atoms with Crippen LogP contribution in [0.2, 0.25) is 10.3 Å². The van der Waals surface area contributed by atoms with Gasteiger partial charge in [0.15, 0.2) is 0 Å². The van der Waals surface area contributed by atoms with E-state index < -0.39 is 17.6 Å². The largest absolute Gasteiger partial charge is 0.478 e. The van der Waals surface area contributed by atoms with Crippen LogP contribution in [0.3, 0.4) is 0 Å². The monoisotopic (exact) mass is 408 g/mol. The molecule has 0 saturated heterocycles. The molecule has 2 N–H and O–H groups in total. The van der Waals surface area contributed by atoms with Crippen molar-refractivity contribution in [2.24, 2.45) is 0 Å². The number of hydrogen-bond donors (Lipinski definition) is 2. The topological polar surface area (TPSA) is 83.3 Å². The summed E-state index contributed by atoms with van der Waals surface area (Å²) >= 11 is 12.4. The van der Waals surface area contributed by atoms with Crippen LogP contribution in [0.1, 0.15) is 10.4 Å². The molecule has 0 radical (unpaired) electrons. The molecule has 3 aromatic heterocycles. The van der Waals surface area contributed by atoms with Crippen molar-refractivity contribution in [3.8, 4) is 22.4 Å². The highest BCUT2D eigenvalue weighted by Gasteiger charge is 2.23. The van der Waals surface area contributed by atoms with Crippen molar-refractivity contribution in [2.75, 3.05) is 0 Å². The van der Waals surface area contributed by atoms with Gasteiger partial charge in [-0.2, -0.15) is 5.10 Å². The predicted molar refractivity (Wildman–Crippen MR) is 95.1 cm³/mol. The maximum absolute atomic E-state index is 14.7. The van der Waals surface area contributed by atoms with Crippen LogP contribution < -0.4 is 0 Å². The molecule has 0 aliphatic carbocycles. The van der Waals surface area contributed by atoms with Crippen molar-refractivity contribution in [3.63, 3.8) is 0 Å². The third-order valence-electron chi connectivity index (χ3n) is 3.99. The summed E-state index contributed by atoms with van der Waals surface area (Å²) in [7, 11) is 0. The van der Waals surface area contributed by atoms with Crippen LogP contribution in [0.5, 0.6) is 0 Å². The van der Waals surface area contributed by atoms with Gasteiger partial charge in [-0.25, -0.2) is 18.6 Å². The molecule has 0 aliphatic rings. The average molecular weight is 409 g/mol. The molecule has 6 nitrogen and oxygen atoms in total. The first-order valence-electron chi connectivity index (χ1n) is 7.46. The molecule has 27 heavy (non-hydrogen) atoms. The number of pyridine rings is 1. The molecule has 0 amide bonds. The highest BCUT2D eigenvalue weighted by Crippen LogP contribution is 2.40. The van der Waals surface area contributed by atoms with Crippen LogP contribution in [-0.4, -0.2) is 30.7 Å². The molecule has 0 unspecified atom stereocenters. The van der Waals surface area contributed by atoms with E-state index in [1.54, 1.807) is 0 Å². The maximum atomic E-state index is 14.7. The fraction of sp³-hybridized carbons (Fsp3) is 0. The summed E-state index contributed by atoms with van der Waals surface area (Å²) in [5, 5.41) is 15.5. The number of aromatic nitrogens is 4. The second-order valence-electron chi connectivity index (χ2n) is 5.61. The van der Waals surface area contributed by atoms with Crippen molar-refractivity contribution >= 4 is 34.8 Å². The van der Waals surface area contributed by atoms with E-state index in [2.05, 4.69) is 15.2 Å². The van der Waals surface area contributed by atoms with Gasteiger partial charge in [0.05, 0.1) is 11.8 Å². The van der Waals surface area contributed by atoms with Crippen LogP contribution in [0.15, 0.2) is 36.7 Å². The lowest BCUT2D eigenvalue weighted by Crippen LogP contribution is -1.97. The first-order chi connectivity index (χ1) is 12.9. The van der Waals surface area contributed by atoms with Gasteiger partial charge >= 0.3 is 5.97 Å². The smallest absolute Gasteiger partial charge is 0.335 e. The lowest BCUT2D eigenvalue weighted by molar-refractivity contribution is 0.0697. The zero-order chi connectivity index (χ0) is 19.3. The standard InChI is InChI=1S/C17H8Cl2F2N4O2/c18-15-10(6-22-24-15)9-4-8(20)5-11(21)13(9)14-16(19)25-2-1-7(17(26)27)3-12(25)23-14/h1-6H,(H,22,24)(H,26,27). The predicted octanol–water partition coefficient (Wildman–Crippen LogP) is 4.67. The number of fused-ring (bicyclic) bond motifs is 1. The Labute approximate surface area is 160 Å². The van der Waals surface area contributed by atoms with Crippen LogP contribution >= 0.6 is 23.2 Å². The van der Waals surface area contributed by atoms with Gasteiger partial charge in [0.2, 0.25) is 0 Å². The molecule has 3 heterocycles. The number of halogens is 4. The second kappa shape index (κ2) is 6.33. The highest BCUT2D eigenvalue weighted by atomic mass is 35.5. The summed E-state index contributed by atoms with van der Waals surface area (Å²) in [5.74, 6) is -2.85. The molecule has 4 rings (SSSR count). The number of benzene rings is 1. The van der Waals surface area contributed by atoms with E-state index in [1.807, 2.05) is 0 Å². The fourth-order valence-electron chi connectivity index (χ4n) is 2.79. The van der Waals surface area contributed by atoms with Crippen molar-refractivity contribution in [3.05, 3.63) is 64.2 Å². The van der Waals surface area contributed by atoms with Crippen molar-refractivity contribution in [1.82, 2.24) is 19.6 Å². The Morgan fingerprint density at radius 3 is 2.63 bits per heavy atom. The average Bonchev–Trinajstić information content (AvgIpc) is 3.17. The summed E-state index contributed by atoms with van der Waals surface area (Å²) in [6.07, 6.45) is 2.73. The van der Waals surface area contributed by atoms with E-state index in [0.717, 1.165) is 6.07 Å². The highest BCUT2D eigenvalue weighted by molar-refractivity contribution is 6.33. The van der Waals surface area contributed by atoms with Gasteiger partial charge in [-0.3, -0.25) is 9.50 Å². The quantitative estimate of drug-likeness (QED) is 0.515. The van der Waals surface area contributed by atoms with E-state index in [1.165, 1.54) is 28.9 Å². The van der Waals surface area contributed by atoms with Crippen LogP contribution in [0.25, 0.3) is 28.0 Å². The second-order valence-corrected chi connectivity index (χ2v) is 6.34. The molecular formula is C17H8Cl2F2N4O2. The molecule has 0 spiro atoms. The minimum atomic E-state index is -1.14. The van der Waals surface area contributed by atoms with Crippen molar-refractivity contribution in [2.45, 2.75) is 0 Å². The molecule has 0 saturated carbocycles. The summed E-state index contributed by atoms with van der Waals surface area (Å²) in [4.78, 5) is 15.4. The number of nitrogens with zero attached hydrogens (tertiary/aromatic N) is 3. The third-order valence-corrected chi connectivity index (χ3v) is 4.64. The van der Waals surface area contributed by atoms with Gasteiger partial charge in [0.25, 0.3) is 0 Å². The molecule has 0 aliphatic heterocycles. The van der Waals surface area contributed by atoms with Crippen LogP contribution in [-0.2, 0) is 0 Å². The van der Waals surface area contributed by atoms with Gasteiger partial charge < -0.3 is 5.11 Å². The van der Waals surface area contributed by atoms with Crippen LogP contribution in [0, 0.1) is 11.6 Å². The van der Waals surface area contributed by atoms with Gasteiger partial charge in [-0.05, 0) is 18.2 Å². The first-order valence-corrected chi connectivity index (χ1v) is 8.22. The van der Waals surface area contributed by atoms with Gasteiger partial charge in [0.1, 0.15) is 33.3 Å². The van der Waals surface area contributed by atoms with Crippen LogP contribution in [0.4, 0.5) is 8.78 Å². The Morgan fingerprint density at radius 1 is 1.19 bits per heavy atom. The number of aromatic carboxylic acids is 1. The zero-order valence-corrected chi connectivity index (χ0v) is 14.7. The van der Waals surface area contributed by atoms with Crippen molar-refractivity contribution in [1.29, 1.82) is 0 Å². The van der Waals surface area contributed by atoms with Gasteiger partial charge in [0, 0.05) is 29.0 Å². The number of imidazole rings is 1. The number of nitrogens with one attached hydrogen (secondary N) is 1. The minimum Gasteiger partial charge on any atom is -0.478 e. The number of carboxylic acids is 1. The summed E-state index contributed by atoms with van der Waals surface area (Å²) in [5.41, 5.74) is 0.505. The molecule has 1 aromatic carbocycles. The molecule has 10 heteroatoms. The summed E-state index contributed by atoms with van der Waals surface area (Å²) < 4.78 is 30.0. The van der Waals surface area contributed by atoms with E-state index in [-0.39, 0.29) is 43.9 Å². The Bertz CT molecular complexity index is 1220. The molecule has 136 valence electrons. The first kappa shape index (κ1) is 17.4. The number of H-pyrrole nitrogens is 1. The molecule has 0 bridgehead atoms. The Morgan fingerprint density at radius 2 is 1.96 bits per heavy atom. The zero-order valence-electron chi connectivity index (χ0n) is 13.2. The lowest BCUT2D eigenvalue weighted by atomic mass is 9.99. The molecular weight excluding hydrogens is 401 g/mol. The Kier molecular flexibility index (Phi) is 4.09. The Balaban J connectivity index is 2.03. The molecule has 0 atom stereocenters. The Hall–Kier alpha value is -2.97. The van der Waals surface area contributed by atoms with E-state index in [9.17, 15) is 13.6 Å². The fourth-order valence-corrected chi connectivity index (χ4v) is 3.27. The van der Waals surface area contributed by atoms with E-state index in [0.29, 0.717) is 6.07 Å². The number of aromatic amines is 1. The summed E-state index contributed by atoms with van der Waals surface area (Å²) in [6.45, 7) is 0. The van der Waals surface area contributed by atoms with E-state index >= 15 is 0 Å². The lowest BCUT2D eigenvalue weighted by Gasteiger charge is -2.09. The van der Waals surface area contributed by atoms with Crippen molar-refractivity contribution < 1.29 is 18.7 Å². The molecule has 0 fully saturated rings.